The molecule has 148 valence electrons. The average Bonchev–Trinajstić information content (AvgIpc) is 2.77. The Bertz CT molecular complexity index is 982. The van der Waals surface area contributed by atoms with Gasteiger partial charge in [-0.1, -0.05) is 48.5 Å². The van der Waals surface area contributed by atoms with E-state index in [1.54, 1.807) is 12.1 Å². The van der Waals surface area contributed by atoms with Crippen molar-refractivity contribution in [1.82, 2.24) is 0 Å². The zero-order valence-corrected chi connectivity index (χ0v) is 16.1. The number of hydrogen-bond acceptors (Lipinski definition) is 5. The van der Waals surface area contributed by atoms with E-state index in [0.717, 1.165) is 11.1 Å². The van der Waals surface area contributed by atoms with Crippen LogP contribution >= 0.6 is 0 Å². The van der Waals surface area contributed by atoms with Crippen LogP contribution in [0.3, 0.4) is 0 Å². The van der Waals surface area contributed by atoms with Crippen LogP contribution in [0.25, 0.3) is 0 Å². The molecule has 0 saturated carbocycles. The van der Waals surface area contributed by atoms with Gasteiger partial charge in [0.1, 0.15) is 17.2 Å². The summed E-state index contributed by atoms with van der Waals surface area (Å²) in [6.07, 6.45) is 0. The number of phenolic OH excluding ortho intramolecular Hbond substituents is 1. The van der Waals surface area contributed by atoms with Crippen LogP contribution in [0.2, 0.25) is 0 Å². The maximum absolute atomic E-state index is 11.3. The fourth-order valence-electron chi connectivity index (χ4n) is 3.77. The summed E-state index contributed by atoms with van der Waals surface area (Å²) in [5.41, 5.74) is 3.34. The van der Waals surface area contributed by atoms with E-state index in [-0.39, 0.29) is 24.2 Å². The zero-order valence-electron chi connectivity index (χ0n) is 16.1. The van der Waals surface area contributed by atoms with Crippen molar-refractivity contribution in [1.29, 1.82) is 0 Å². The summed E-state index contributed by atoms with van der Waals surface area (Å²) >= 11 is 0. The van der Waals surface area contributed by atoms with Crippen molar-refractivity contribution in [3.05, 3.63) is 89.5 Å². The highest BCUT2D eigenvalue weighted by Crippen LogP contribution is 2.47. The van der Waals surface area contributed by atoms with Crippen LogP contribution < -0.4 is 9.47 Å². The van der Waals surface area contributed by atoms with E-state index in [9.17, 15) is 9.90 Å². The molecule has 2 atom stereocenters. The molecule has 1 heterocycles. The largest absolute Gasteiger partial charge is 0.508 e. The van der Waals surface area contributed by atoms with Gasteiger partial charge in [-0.15, -0.1) is 0 Å². The van der Waals surface area contributed by atoms with Crippen molar-refractivity contribution in [3.8, 4) is 17.2 Å². The summed E-state index contributed by atoms with van der Waals surface area (Å²) in [7, 11) is 1.33. The Morgan fingerprint density at radius 2 is 1.79 bits per heavy atom. The molecule has 4 rings (SSSR count). The molecule has 5 heteroatoms. The molecule has 3 aromatic rings. The van der Waals surface area contributed by atoms with E-state index in [0.29, 0.717) is 18.1 Å². The second kappa shape index (κ2) is 8.27. The van der Waals surface area contributed by atoms with Gasteiger partial charge in [-0.25, -0.2) is 4.79 Å². The van der Waals surface area contributed by atoms with Gasteiger partial charge in [-0.05, 0) is 29.3 Å². The van der Waals surface area contributed by atoms with Gasteiger partial charge in [-0.2, -0.15) is 0 Å². The number of hydrogen-bond donors (Lipinski definition) is 1. The summed E-state index contributed by atoms with van der Waals surface area (Å²) < 4.78 is 16.1. The quantitative estimate of drug-likeness (QED) is 0.660. The average molecular weight is 390 g/mol. The lowest BCUT2D eigenvalue weighted by atomic mass is 9.76. The summed E-state index contributed by atoms with van der Waals surface area (Å²) in [6.45, 7) is 0.396. The van der Waals surface area contributed by atoms with Crippen molar-refractivity contribution < 1.29 is 24.1 Å². The first-order valence-corrected chi connectivity index (χ1v) is 9.46. The predicted octanol–water partition coefficient (Wildman–Crippen LogP) is 4.25. The minimum atomic E-state index is -0.420. The van der Waals surface area contributed by atoms with E-state index in [4.69, 9.17) is 9.47 Å². The van der Waals surface area contributed by atoms with Gasteiger partial charge >= 0.3 is 5.97 Å². The monoisotopic (exact) mass is 390 g/mol. The molecule has 0 aliphatic carbocycles. The Kier molecular flexibility index (Phi) is 5.38. The van der Waals surface area contributed by atoms with E-state index < -0.39 is 5.97 Å². The lowest BCUT2D eigenvalue weighted by Crippen LogP contribution is -2.25. The van der Waals surface area contributed by atoms with E-state index in [1.165, 1.54) is 12.7 Å². The first kappa shape index (κ1) is 18.9. The van der Waals surface area contributed by atoms with Gasteiger partial charge in [0.25, 0.3) is 0 Å². The van der Waals surface area contributed by atoms with Gasteiger partial charge in [0, 0.05) is 23.5 Å². The van der Waals surface area contributed by atoms with Crippen molar-refractivity contribution in [2.45, 2.75) is 11.8 Å². The van der Waals surface area contributed by atoms with Gasteiger partial charge in [0.15, 0.2) is 6.61 Å². The molecule has 1 aliphatic rings. The number of rotatable bonds is 5. The molecule has 1 unspecified atom stereocenters. The Morgan fingerprint density at radius 3 is 2.52 bits per heavy atom. The van der Waals surface area contributed by atoms with E-state index in [2.05, 4.69) is 16.9 Å². The number of carbonyl (C=O) groups is 1. The molecule has 1 aliphatic heterocycles. The first-order valence-electron chi connectivity index (χ1n) is 9.46. The third-order valence-electron chi connectivity index (χ3n) is 5.20. The third-order valence-corrected chi connectivity index (χ3v) is 5.20. The zero-order chi connectivity index (χ0) is 20.2. The Morgan fingerprint density at radius 1 is 1.03 bits per heavy atom. The molecule has 29 heavy (non-hydrogen) atoms. The Hall–Kier alpha value is -3.47. The summed E-state index contributed by atoms with van der Waals surface area (Å²) in [6, 6.07) is 23.3. The predicted molar refractivity (Wildman–Crippen MR) is 109 cm³/mol. The summed E-state index contributed by atoms with van der Waals surface area (Å²) in [4.78, 5) is 11.3. The number of fused-ring (bicyclic) bond motifs is 1. The molecule has 0 spiro atoms. The highest BCUT2D eigenvalue weighted by Gasteiger charge is 2.33. The van der Waals surface area contributed by atoms with Gasteiger partial charge in [-0.3, -0.25) is 0 Å². The number of phenols is 1. The molecule has 0 aromatic heterocycles. The number of carbonyl (C=O) groups excluding carboxylic acids is 1. The summed E-state index contributed by atoms with van der Waals surface area (Å²) in [5.74, 6) is 1.27. The van der Waals surface area contributed by atoms with Crippen LogP contribution in [0.4, 0.5) is 0 Å². The lowest BCUT2D eigenvalue weighted by Gasteiger charge is -2.34. The fraction of sp³-hybridized carbons (Fsp3) is 0.208. The molecule has 0 bridgehead atoms. The maximum Gasteiger partial charge on any atom is 0.343 e. The Balaban J connectivity index is 1.68. The van der Waals surface area contributed by atoms with Gasteiger partial charge in [0.05, 0.1) is 13.7 Å². The minimum Gasteiger partial charge on any atom is -0.508 e. The fourth-order valence-corrected chi connectivity index (χ4v) is 3.77. The second-order valence-corrected chi connectivity index (χ2v) is 6.96. The van der Waals surface area contributed by atoms with Crippen LogP contribution in [-0.4, -0.2) is 31.4 Å². The molecule has 0 radical (unpaired) electrons. The standard InChI is InChI=1S/C24H22O5/c1-27-23(26)15-28-19-10-7-17(8-11-19)24-20-12-9-18(25)13-22(20)29-14-21(24)16-5-3-2-4-6-16/h2-13,21,24-25H,14-15H2,1H3/t21-,24?/m1/s1. The molecular weight excluding hydrogens is 368 g/mol. The first-order chi connectivity index (χ1) is 14.2. The summed E-state index contributed by atoms with van der Waals surface area (Å²) in [5, 5.41) is 9.85. The number of ether oxygens (including phenoxy) is 3. The maximum atomic E-state index is 11.3. The molecule has 0 amide bonds. The van der Waals surface area contributed by atoms with Crippen molar-refractivity contribution >= 4 is 5.97 Å². The SMILES string of the molecule is COC(=O)COc1ccc(C2c3ccc(O)cc3OC[C@@H]2c2ccccc2)cc1. The molecule has 3 aromatic carbocycles. The molecule has 5 nitrogen and oxygen atoms in total. The van der Waals surface area contributed by atoms with Gasteiger partial charge in [0.2, 0.25) is 0 Å². The number of aromatic hydroxyl groups is 1. The normalized spacial score (nSPS) is 17.7. The van der Waals surface area contributed by atoms with Gasteiger partial charge < -0.3 is 19.3 Å². The number of methoxy groups -OCH3 is 1. The smallest absolute Gasteiger partial charge is 0.343 e. The van der Waals surface area contributed by atoms with Crippen molar-refractivity contribution in [3.63, 3.8) is 0 Å². The minimum absolute atomic E-state index is 0.0661. The molecule has 0 fully saturated rings. The van der Waals surface area contributed by atoms with E-state index in [1.807, 2.05) is 48.5 Å². The molecule has 1 N–H and O–H groups in total. The molecule has 0 saturated heterocycles. The van der Waals surface area contributed by atoms with Crippen LogP contribution in [-0.2, 0) is 9.53 Å². The Labute approximate surface area is 169 Å². The van der Waals surface area contributed by atoms with Crippen LogP contribution in [0, 0.1) is 0 Å². The lowest BCUT2D eigenvalue weighted by molar-refractivity contribution is -0.142. The topological polar surface area (TPSA) is 65.0 Å². The number of esters is 1. The number of benzene rings is 3. The highest BCUT2D eigenvalue weighted by molar-refractivity contribution is 5.70. The molecular formula is C24H22O5. The second-order valence-electron chi connectivity index (χ2n) is 6.96. The van der Waals surface area contributed by atoms with Crippen LogP contribution in [0.15, 0.2) is 72.8 Å². The van der Waals surface area contributed by atoms with Crippen LogP contribution in [0.1, 0.15) is 28.5 Å². The van der Waals surface area contributed by atoms with Crippen molar-refractivity contribution in [2.75, 3.05) is 20.3 Å². The highest BCUT2D eigenvalue weighted by atomic mass is 16.6. The third kappa shape index (κ3) is 4.04. The van der Waals surface area contributed by atoms with Crippen molar-refractivity contribution in [2.24, 2.45) is 0 Å². The van der Waals surface area contributed by atoms with E-state index >= 15 is 0 Å². The van der Waals surface area contributed by atoms with Crippen LogP contribution in [0.5, 0.6) is 17.2 Å².